The highest BCUT2D eigenvalue weighted by molar-refractivity contribution is 8.18. The molecule has 0 radical (unpaired) electrons. The highest BCUT2D eigenvalue weighted by Gasteiger charge is 2.34. The van der Waals surface area contributed by atoms with E-state index in [4.69, 9.17) is 13.9 Å². The van der Waals surface area contributed by atoms with Crippen LogP contribution in [0.3, 0.4) is 0 Å². The van der Waals surface area contributed by atoms with E-state index < -0.39 is 0 Å². The molecule has 1 aliphatic rings. The summed E-state index contributed by atoms with van der Waals surface area (Å²) in [7, 11) is 1.59. The van der Waals surface area contributed by atoms with Crippen molar-refractivity contribution in [2.24, 2.45) is 16.1 Å². The lowest BCUT2D eigenvalue weighted by molar-refractivity contribution is -0.122. The maximum atomic E-state index is 13.2. The van der Waals surface area contributed by atoms with Crippen LogP contribution >= 0.6 is 11.8 Å². The summed E-state index contributed by atoms with van der Waals surface area (Å²) >= 11 is 1.18. The zero-order valence-electron chi connectivity index (χ0n) is 20.2. The molecular formula is C27H27N3O5S. The van der Waals surface area contributed by atoms with Crippen LogP contribution < -0.4 is 9.47 Å². The number of rotatable bonds is 9. The summed E-state index contributed by atoms with van der Waals surface area (Å²) in [6.45, 7) is 4.96. The second kappa shape index (κ2) is 11.6. The van der Waals surface area contributed by atoms with Gasteiger partial charge >= 0.3 is 0 Å². The molecule has 9 heteroatoms. The third-order valence-electron chi connectivity index (χ3n) is 5.12. The maximum absolute atomic E-state index is 13.2. The average Bonchev–Trinajstić information content (AvgIpc) is 3.48. The normalized spacial score (nSPS) is 16.1. The van der Waals surface area contributed by atoms with Crippen LogP contribution in [0.25, 0.3) is 6.08 Å². The minimum Gasteiger partial charge on any atom is -0.507 e. The van der Waals surface area contributed by atoms with Gasteiger partial charge in [0.15, 0.2) is 16.7 Å². The monoisotopic (exact) mass is 505 g/mol. The number of carbonyl (C=O) groups is 1. The van der Waals surface area contributed by atoms with Crippen LogP contribution in [-0.2, 0) is 11.3 Å². The van der Waals surface area contributed by atoms with Gasteiger partial charge in [0, 0.05) is 5.56 Å². The highest BCUT2D eigenvalue weighted by Crippen LogP contribution is 2.35. The highest BCUT2D eigenvalue weighted by atomic mass is 32.2. The van der Waals surface area contributed by atoms with E-state index in [9.17, 15) is 9.90 Å². The molecule has 1 saturated heterocycles. The van der Waals surface area contributed by atoms with Gasteiger partial charge in [-0.15, -0.1) is 5.10 Å². The Bertz CT molecular complexity index is 1300. The quantitative estimate of drug-likeness (QED) is 0.233. The van der Waals surface area contributed by atoms with Crippen LogP contribution in [0, 0.1) is 5.92 Å². The number of aromatic hydroxyl groups is 1. The summed E-state index contributed by atoms with van der Waals surface area (Å²) in [4.78, 5) is 15.1. The second-order valence-corrected chi connectivity index (χ2v) is 9.39. The van der Waals surface area contributed by atoms with E-state index in [0.29, 0.717) is 45.4 Å². The first-order valence-electron chi connectivity index (χ1n) is 11.4. The number of furan rings is 1. The topological polar surface area (TPSA) is 96.9 Å². The van der Waals surface area contributed by atoms with Gasteiger partial charge in [-0.1, -0.05) is 32.0 Å². The van der Waals surface area contributed by atoms with Crippen molar-refractivity contribution in [3.05, 3.63) is 82.7 Å². The summed E-state index contributed by atoms with van der Waals surface area (Å²) in [5.74, 6) is 2.12. The van der Waals surface area contributed by atoms with E-state index in [-0.39, 0.29) is 18.2 Å². The molecule has 1 N–H and O–H groups in total. The molecule has 1 fully saturated rings. The number of nitrogens with zero attached hydrogens (tertiary/aromatic N) is 3. The van der Waals surface area contributed by atoms with Crippen molar-refractivity contribution in [2.45, 2.75) is 20.4 Å². The zero-order valence-corrected chi connectivity index (χ0v) is 21.1. The number of carbonyl (C=O) groups excluding carboxylic acids is 1. The van der Waals surface area contributed by atoms with Gasteiger partial charge in [0.2, 0.25) is 0 Å². The third-order valence-corrected chi connectivity index (χ3v) is 6.11. The molecule has 8 nitrogen and oxygen atoms in total. The van der Waals surface area contributed by atoms with Crippen LogP contribution in [-0.4, -0.2) is 41.0 Å². The maximum Gasteiger partial charge on any atom is 0.267 e. The van der Waals surface area contributed by atoms with Crippen LogP contribution in [0.4, 0.5) is 0 Å². The minimum absolute atomic E-state index is 0.0918. The van der Waals surface area contributed by atoms with Gasteiger partial charge in [-0.3, -0.25) is 9.69 Å². The summed E-state index contributed by atoms with van der Waals surface area (Å²) in [6.07, 6.45) is 4.78. The number of phenolic OH excluding ortho intramolecular Hbond substituents is 1. The summed E-state index contributed by atoms with van der Waals surface area (Å²) in [5, 5.41) is 19.1. The molecule has 4 rings (SSSR count). The van der Waals surface area contributed by atoms with Crippen LogP contribution in [0.1, 0.15) is 30.7 Å². The summed E-state index contributed by atoms with van der Waals surface area (Å²) in [5.41, 5.74) is 1.31. The SMILES string of the molecule is COc1cc(/C=N\N=C2\S/C(=C\c3ccccc3O)C(=O)N2Cc2ccco2)ccc1OCC(C)C. The number of phenols is 1. The number of amides is 1. The standard InChI is InChI=1S/C27H27N3O5S/c1-18(2)17-35-23-11-10-19(13-24(23)33-3)15-28-29-27-30(16-21-8-6-12-34-21)26(32)25(36-27)14-20-7-4-5-9-22(20)31/h4-15,18,31H,16-17H2,1-3H3/b25-14-,28-15-,29-27+. The van der Waals surface area contributed by atoms with Gasteiger partial charge in [0.05, 0.1) is 37.6 Å². The fourth-order valence-electron chi connectivity index (χ4n) is 3.32. The Labute approximate surface area is 213 Å². The van der Waals surface area contributed by atoms with E-state index in [2.05, 4.69) is 24.1 Å². The molecule has 0 unspecified atom stereocenters. The van der Waals surface area contributed by atoms with E-state index in [1.165, 1.54) is 16.7 Å². The minimum atomic E-state index is -0.248. The molecule has 2 aromatic carbocycles. The van der Waals surface area contributed by atoms with E-state index in [1.54, 1.807) is 62.1 Å². The van der Waals surface area contributed by atoms with Crippen molar-refractivity contribution < 1.29 is 23.8 Å². The molecule has 1 aromatic heterocycles. The van der Waals surface area contributed by atoms with Gasteiger partial charge < -0.3 is 19.0 Å². The van der Waals surface area contributed by atoms with Gasteiger partial charge in [-0.05, 0) is 65.7 Å². The first-order valence-corrected chi connectivity index (χ1v) is 12.2. The Kier molecular flexibility index (Phi) is 8.12. The number of ether oxygens (including phenoxy) is 2. The van der Waals surface area contributed by atoms with Crippen molar-refractivity contribution in [3.8, 4) is 17.2 Å². The molecule has 0 atom stereocenters. The third kappa shape index (κ3) is 6.17. The molecule has 36 heavy (non-hydrogen) atoms. The number of benzene rings is 2. The van der Waals surface area contributed by atoms with E-state index >= 15 is 0 Å². The Morgan fingerprint density at radius 3 is 2.69 bits per heavy atom. The molecule has 0 aliphatic carbocycles. The molecule has 1 aliphatic heterocycles. The van der Waals surface area contributed by atoms with Crippen molar-refractivity contribution in [1.82, 2.24) is 4.90 Å². The number of methoxy groups -OCH3 is 1. The van der Waals surface area contributed by atoms with E-state index in [1.807, 2.05) is 18.2 Å². The Morgan fingerprint density at radius 1 is 1.14 bits per heavy atom. The lowest BCUT2D eigenvalue weighted by Crippen LogP contribution is -2.28. The fourth-order valence-corrected chi connectivity index (χ4v) is 4.24. The first-order chi connectivity index (χ1) is 17.4. The smallest absolute Gasteiger partial charge is 0.267 e. The number of thioether (sulfide) groups is 1. The molecule has 0 saturated carbocycles. The van der Waals surface area contributed by atoms with Gasteiger partial charge in [-0.2, -0.15) is 5.10 Å². The Morgan fingerprint density at radius 2 is 1.97 bits per heavy atom. The molecule has 2 heterocycles. The van der Waals surface area contributed by atoms with Crippen molar-refractivity contribution >= 4 is 35.1 Å². The lowest BCUT2D eigenvalue weighted by Gasteiger charge is -2.13. The predicted octanol–water partition coefficient (Wildman–Crippen LogP) is 5.54. The lowest BCUT2D eigenvalue weighted by atomic mass is 10.2. The predicted molar refractivity (Wildman–Crippen MR) is 141 cm³/mol. The molecule has 0 spiro atoms. The van der Waals surface area contributed by atoms with Crippen LogP contribution in [0.2, 0.25) is 0 Å². The molecule has 1 amide bonds. The van der Waals surface area contributed by atoms with Crippen molar-refractivity contribution in [2.75, 3.05) is 13.7 Å². The zero-order chi connectivity index (χ0) is 25.5. The number of hydrogen-bond donors (Lipinski definition) is 1. The number of para-hydroxylation sites is 1. The van der Waals surface area contributed by atoms with Gasteiger partial charge in [0.1, 0.15) is 11.5 Å². The van der Waals surface area contributed by atoms with Crippen molar-refractivity contribution in [3.63, 3.8) is 0 Å². The Balaban J connectivity index is 1.58. The average molecular weight is 506 g/mol. The Hall–Kier alpha value is -3.98. The fraction of sp³-hybridized carbons (Fsp3) is 0.222. The largest absolute Gasteiger partial charge is 0.507 e. The van der Waals surface area contributed by atoms with Gasteiger partial charge in [0.25, 0.3) is 5.91 Å². The molecule has 0 bridgehead atoms. The molecule has 3 aromatic rings. The van der Waals surface area contributed by atoms with Crippen LogP contribution in [0.5, 0.6) is 17.2 Å². The van der Waals surface area contributed by atoms with Gasteiger partial charge in [-0.25, -0.2) is 0 Å². The number of hydrogen-bond acceptors (Lipinski definition) is 8. The number of amidine groups is 1. The molecular weight excluding hydrogens is 478 g/mol. The summed E-state index contributed by atoms with van der Waals surface area (Å²) in [6, 6.07) is 15.9. The first kappa shape index (κ1) is 25.1. The van der Waals surface area contributed by atoms with Crippen molar-refractivity contribution in [1.29, 1.82) is 0 Å². The van der Waals surface area contributed by atoms with E-state index in [0.717, 1.165) is 5.56 Å². The second-order valence-electron chi connectivity index (χ2n) is 8.38. The summed E-state index contributed by atoms with van der Waals surface area (Å²) < 4.78 is 16.7. The van der Waals surface area contributed by atoms with Crippen LogP contribution in [0.15, 0.2) is 80.4 Å². The molecule has 186 valence electrons.